The third-order valence-corrected chi connectivity index (χ3v) is 2.87. The molecule has 1 N–H and O–H groups in total. The van der Waals surface area contributed by atoms with Crippen LogP contribution in [0.15, 0.2) is 12.1 Å². The number of hydrogen-bond acceptors (Lipinski definition) is 1. The van der Waals surface area contributed by atoms with Crippen LogP contribution in [-0.2, 0) is 0 Å². The first-order valence-corrected chi connectivity index (χ1v) is 5.24. The monoisotopic (exact) mass is 241 g/mol. The maximum Gasteiger partial charge on any atom is 0.162 e. The highest BCUT2D eigenvalue weighted by Crippen LogP contribution is 2.32. The summed E-state index contributed by atoms with van der Waals surface area (Å²) in [5.74, 6) is 0.00275. The highest BCUT2D eigenvalue weighted by atomic mass is 35.5. The minimum absolute atomic E-state index is 0.00275. The van der Waals surface area contributed by atoms with E-state index in [1.165, 1.54) is 6.92 Å². The van der Waals surface area contributed by atoms with E-state index in [2.05, 4.69) is 4.98 Å². The number of fused-ring (bicyclic) bond motifs is 1. The molecule has 0 aliphatic rings. The summed E-state index contributed by atoms with van der Waals surface area (Å²) in [5, 5.41) is 1.82. The molecule has 1 aromatic carbocycles. The molecule has 0 fully saturated rings. The van der Waals surface area contributed by atoms with Gasteiger partial charge in [-0.05, 0) is 26.0 Å². The average molecular weight is 242 g/mol. The largest absolute Gasteiger partial charge is 0.358 e. The Bertz CT molecular complexity index is 557. The Labute approximate surface area is 97.2 Å². The molecule has 0 aliphatic heterocycles. The van der Waals surface area contributed by atoms with Gasteiger partial charge >= 0.3 is 0 Å². The summed E-state index contributed by atoms with van der Waals surface area (Å²) >= 11 is 11.9. The van der Waals surface area contributed by atoms with Gasteiger partial charge in [0.25, 0.3) is 0 Å². The normalized spacial score (nSPS) is 10.9. The maximum atomic E-state index is 11.5. The lowest BCUT2D eigenvalue weighted by Gasteiger charge is -1.98. The Kier molecular flexibility index (Phi) is 2.49. The molecule has 78 valence electrons. The second-order valence-corrected chi connectivity index (χ2v) is 4.33. The molecule has 2 aromatic rings. The van der Waals surface area contributed by atoms with Crippen LogP contribution in [0.5, 0.6) is 0 Å². The molecule has 2 rings (SSSR count). The molecule has 0 aliphatic carbocycles. The molecule has 1 heterocycles. The Morgan fingerprint density at radius 2 is 2.00 bits per heavy atom. The first kappa shape index (κ1) is 10.5. The van der Waals surface area contributed by atoms with E-state index in [0.717, 1.165) is 16.6 Å². The van der Waals surface area contributed by atoms with Crippen LogP contribution in [0.3, 0.4) is 0 Å². The van der Waals surface area contributed by atoms with Gasteiger partial charge in [-0.2, -0.15) is 0 Å². The molecule has 0 unspecified atom stereocenters. The first-order valence-electron chi connectivity index (χ1n) is 4.49. The van der Waals surface area contributed by atoms with Gasteiger partial charge in [-0.15, -0.1) is 0 Å². The van der Waals surface area contributed by atoms with E-state index in [-0.39, 0.29) is 5.78 Å². The van der Waals surface area contributed by atoms with Crippen molar-refractivity contribution >= 4 is 39.9 Å². The molecule has 0 radical (unpaired) electrons. The van der Waals surface area contributed by atoms with Crippen molar-refractivity contribution in [2.75, 3.05) is 0 Å². The van der Waals surface area contributed by atoms with Crippen LogP contribution in [-0.4, -0.2) is 10.8 Å². The van der Waals surface area contributed by atoms with Gasteiger partial charge in [0.1, 0.15) is 0 Å². The van der Waals surface area contributed by atoms with Crippen molar-refractivity contribution in [3.8, 4) is 0 Å². The Hall–Kier alpha value is -0.990. The predicted molar refractivity (Wildman–Crippen MR) is 63.1 cm³/mol. The number of carbonyl (C=O) groups excluding carboxylic acids is 1. The topological polar surface area (TPSA) is 32.9 Å². The van der Waals surface area contributed by atoms with E-state index in [9.17, 15) is 4.79 Å². The van der Waals surface area contributed by atoms with Crippen LogP contribution >= 0.6 is 23.2 Å². The summed E-state index contributed by atoms with van der Waals surface area (Å²) in [7, 11) is 0. The zero-order valence-electron chi connectivity index (χ0n) is 8.32. The number of H-pyrrole nitrogens is 1. The lowest BCUT2D eigenvalue weighted by molar-refractivity contribution is 0.101. The molecule has 1 aromatic heterocycles. The number of ketones is 1. The Morgan fingerprint density at radius 1 is 1.33 bits per heavy atom. The molecule has 4 heteroatoms. The van der Waals surface area contributed by atoms with Gasteiger partial charge in [0, 0.05) is 27.2 Å². The fourth-order valence-electron chi connectivity index (χ4n) is 1.82. The van der Waals surface area contributed by atoms with Crippen LogP contribution in [0.1, 0.15) is 23.0 Å². The van der Waals surface area contributed by atoms with Crippen LogP contribution in [0.2, 0.25) is 10.0 Å². The summed E-state index contributed by atoms with van der Waals surface area (Å²) in [6.45, 7) is 3.38. The van der Waals surface area contributed by atoms with E-state index >= 15 is 0 Å². The van der Waals surface area contributed by atoms with Crippen molar-refractivity contribution < 1.29 is 4.79 Å². The summed E-state index contributed by atoms with van der Waals surface area (Å²) < 4.78 is 0. The van der Waals surface area contributed by atoms with Crippen molar-refractivity contribution in [2.24, 2.45) is 0 Å². The molecule has 0 atom stereocenters. The fraction of sp³-hybridized carbons (Fsp3) is 0.182. The number of aryl methyl sites for hydroxylation is 1. The van der Waals surface area contributed by atoms with E-state index in [1.54, 1.807) is 12.1 Å². The quantitative estimate of drug-likeness (QED) is 0.753. The molecule has 0 spiro atoms. The second kappa shape index (κ2) is 3.54. The molecular weight excluding hydrogens is 233 g/mol. The highest BCUT2D eigenvalue weighted by molar-refractivity contribution is 6.39. The van der Waals surface area contributed by atoms with E-state index in [1.807, 2.05) is 6.92 Å². The number of nitrogens with one attached hydrogen (secondary N) is 1. The summed E-state index contributed by atoms with van der Waals surface area (Å²) in [5.41, 5.74) is 2.27. The lowest BCUT2D eigenvalue weighted by Crippen LogP contribution is -1.93. The third kappa shape index (κ3) is 1.64. The Balaban J connectivity index is 2.93. The van der Waals surface area contributed by atoms with Crippen molar-refractivity contribution in [1.29, 1.82) is 0 Å². The van der Waals surface area contributed by atoms with Crippen molar-refractivity contribution in [3.05, 3.63) is 33.4 Å². The zero-order valence-corrected chi connectivity index (χ0v) is 9.83. The number of benzene rings is 1. The standard InChI is InChI=1S/C11H9Cl2NO/c1-5-10(6(2)15)11-8(13)3-7(12)4-9(11)14-5/h3-4,14H,1-2H3. The highest BCUT2D eigenvalue weighted by Gasteiger charge is 2.15. The molecule has 0 saturated carbocycles. The van der Waals surface area contributed by atoms with E-state index < -0.39 is 0 Å². The molecule has 0 bridgehead atoms. The third-order valence-electron chi connectivity index (χ3n) is 2.35. The van der Waals surface area contributed by atoms with Gasteiger partial charge < -0.3 is 4.98 Å². The SMILES string of the molecule is CC(=O)c1c(C)[nH]c2cc(Cl)cc(Cl)c12. The van der Waals surface area contributed by atoms with Gasteiger partial charge in [0.15, 0.2) is 5.78 Å². The predicted octanol–water partition coefficient (Wildman–Crippen LogP) is 3.99. The molecule has 15 heavy (non-hydrogen) atoms. The smallest absolute Gasteiger partial charge is 0.162 e. The minimum Gasteiger partial charge on any atom is -0.358 e. The molecule has 2 nitrogen and oxygen atoms in total. The lowest BCUT2D eigenvalue weighted by atomic mass is 10.1. The fourth-order valence-corrected chi connectivity index (χ4v) is 2.41. The number of Topliss-reactive ketones (excluding diaryl/α,β-unsaturated/α-hetero) is 1. The van der Waals surface area contributed by atoms with Gasteiger partial charge in [-0.1, -0.05) is 23.2 Å². The summed E-state index contributed by atoms with van der Waals surface area (Å²) in [6, 6.07) is 3.41. The number of aromatic nitrogens is 1. The van der Waals surface area contributed by atoms with Crippen molar-refractivity contribution in [2.45, 2.75) is 13.8 Å². The van der Waals surface area contributed by atoms with E-state index in [4.69, 9.17) is 23.2 Å². The number of aromatic amines is 1. The molecule has 0 amide bonds. The second-order valence-electron chi connectivity index (χ2n) is 3.49. The molecule has 0 saturated heterocycles. The number of carbonyl (C=O) groups is 1. The van der Waals surface area contributed by atoms with Gasteiger partial charge in [0.2, 0.25) is 0 Å². The van der Waals surface area contributed by atoms with Crippen molar-refractivity contribution in [3.63, 3.8) is 0 Å². The minimum atomic E-state index is 0.00275. The molecular formula is C11H9Cl2NO. The summed E-state index contributed by atoms with van der Waals surface area (Å²) in [6.07, 6.45) is 0. The van der Waals surface area contributed by atoms with Gasteiger partial charge in [-0.25, -0.2) is 0 Å². The van der Waals surface area contributed by atoms with Gasteiger partial charge in [-0.3, -0.25) is 4.79 Å². The summed E-state index contributed by atoms with van der Waals surface area (Å²) in [4.78, 5) is 14.6. The van der Waals surface area contributed by atoms with Crippen LogP contribution in [0.4, 0.5) is 0 Å². The van der Waals surface area contributed by atoms with Crippen LogP contribution < -0.4 is 0 Å². The number of hydrogen-bond donors (Lipinski definition) is 1. The average Bonchev–Trinajstić information content (AvgIpc) is 2.40. The van der Waals surface area contributed by atoms with Crippen molar-refractivity contribution in [1.82, 2.24) is 4.98 Å². The van der Waals surface area contributed by atoms with Gasteiger partial charge in [0.05, 0.1) is 5.02 Å². The first-order chi connectivity index (χ1) is 7.00. The number of rotatable bonds is 1. The van der Waals surface area contributed by atoms with E-state index in [0.29, 0.717) is 15.6 Å². The van der Waals surface area contributed by atoms with Crippen LogP contribution in [0.25, 0.3) is 10.9 Å². The number of halogens is 2. The zero-order chi connectivity index (χ0) is 11.2. The maximum absolute atomic E-state index is 11.5. The van der Waals surface area contributed by atoms with Crippen LogP contribution in [0, 0.1) is 6.92 Å². The Morgan fingerprint density at radius 3 is 2.60 bits per heavy atom.